The number of hydrogen-bond acceptors (Lipinski definition) is 4. The van der Waals surface area contributed by atoms with Gasteiger partial charge in [-0.1, -0.05) is 12.1 Å². The molecule has 0 aliphatic heterocycles. The van der Waals surface area contributed by atoms with Crippen molar-refractivity contribution in [2.45, 2.75) is 26.4 Å². The van der Waals surface area contributed by atoms with Crippen LogP contribution in [-0.4, -0.2) is 39.8 Å². The molecule has 0 saturated heterocycles. The van der Waals surface area contributed by atoms with Gasteiger partial charge in [-0.25, -0.2) is 4.98 Å². The van der Waals surface area contributed by atoms with Crippen molar-refractivity contribution in [1.29, 1.82) is 5.26 Å². The van der Waals surface area contributed by atoms with Crippen LogP contribution >= 0.6 is 0 Å². The number of rotatable bonds is 6. The van der Waals surface area contributed by atoms with Crippen LogP contribution in [0.25, 0.3) is 11.0 Å². The summed E-state index contributed by atoms with van der Waals surface area (Å²) in [7, 11) is 1.97. The van der Waals surface area contributed by atoms with Gasteiger partial charge < -0.3 is 9.67 Å². The van der Waals surface area contributed by atoms with Crippen molar-refractivity contribution < 1.29 is 5.11 Å². The standard InChI is InChI=1S/C16H22N4O/c1-12(10-17)11-20-15-7-5-4-6-14(15)18-16(20)13(2)19(3)8-9-21/h4-7,12-13,21H,8-9,11H2,1-3H3. The number of aromatic nitrogens is 2. The van der Waals surface area contributed by atoms with E-state index >= 15 is 0 Å². The molecule has 5 nitrogen and oxygen atoms in total. The lowest BCUT2D eigenvalue weighted by Gasteiger charge is -2.24. The third-order valence-corrected chi connectivity index (χ3v) is 3.85. The minimum Gasteiger partial charge on any atom is -0.395 e. The number of nitriles is 1. The van der Waals surface area contributed by atoms with Gasteiger partial charge in [0.2, 0.25) is 0 Å². The van der Waals surface area contributed by atoms with Crippen LogP contribution in [-0.2, 0) is 6.54 Å². The molecule has 21 heavy (non-hydrogen) atoms. The highest BCUT2D eigenvalue weighted by Crippen LogP contribution is 2.24. The number of aliphatic hydroxyl groups excluding tert-OH is 1. The van der Waals surface area contributed by atoms with Gasteiger partial charge in [-0.2, -0.15) is 5.26 Å². The summed E-state index contributed by atoms with van der Waals surface area (Å²) >= 11 is 0. The van der Waals surface area contributed by atoms with Gasteiger partial charge in [0, 0.05) is 13.1 Å². The molecule has 5 heteroatoms. The Labute approximate surface area is 125 Å². The lowest BCUT2D eigenvalue weighted by atomic mass is 10.2. The third kappa shape index (κ3) is 3.23. The number of likely N-dealkylation sites (N-methyl/N-ethyl adjacent to an activating group) is 1. The van der Waals surface area contributed by atoms with Crippen molar-refractivity contribution >= 4 is 11.0 Å². The fraction of sp³-hybridized carbons (Fsp3) is 0.500. The minimum atomic E-state index is -0.0725. The third-order valence-electron chi connectivity index (χ3n) is 3.85. The number of aliphatic hydroxyl groups is 1. The number of nitrogens with zero attached hydrogens (tertiary/aromatic N) is 4. The Morgan fingerprint density at radius 1 is 1.38 bits per heavy atom. The Kier molecular flexibility index (Phi) is 4.94. The minimum absolute atomic E-state index is 0.0725. The normalized spacial score (nSPS) is 14.3. The maximum Gasteiger partial charge on any atom is 0.127 e. The Bertz CT molecular complexity index is 643. The first kappa shape index (κ1) is 15.5. The molecule has 2 atom stereocenters. The topological polar surface area (TPSA) is 65.1 Å². The largest absolute Gasteiger partial charge is 0.395 e. The molecule has 0 bridgehead atoms. The first-order chi connectivity index (χ1) is 10.1. The van der Waals surface area contributed by atoms with Crippen molar-refractivity contribution in [3.05, 3.63) is 30.1 Å². The predicted molar refractivity (Wildman–Crippen MR) is 82.6 cm³/mol. The molecule has 0 amide bonds. The molecular formula is C16H22N4O. The van der Waals surface area contributed by atoms with Gasteiger partial charge in [0.25, 0.3) is 0 Å². The maximum absolute atomic E-state index is 9.11. The predicted octanol–water partition coefficient (Wildman–Crippen LogP) is 2.18. The van der Waals surface area contributed by atoms with E-state index in [1.165, 1.54) is 0 Å². The van der Waals surface area contributed by atoms with E-state index in [-0.39, 0.29) is 18.6 Å². The molecule has 1 N–H and O–H groups in total. The molecule has 0 fully saturated rings. The second-order valence-electron chi connectivity index (χ2n) is 5.48. The van der Waals surface area contributed by atoms with E-state index in [9.17, 15) is 0 Å². The molecule has 1 heterocycles. The molecule has 0 radical (unpaired) electrons. The average Bonchev–Trinajstić information content (AvgIpc) is 2.85. The Morgan fingerprint density at radius 3 is 2.76 bits per heavy atom. The second-order valence-corrected chi connectivity index (χ2v) is 5.48. The molecule has 0 aliphatic carbocycles. The monoisotopic (exact) mass is 286 g/mol. The molecule has 2 aromatic rings. The van der Waals surface area contributed by atoms with Gasteiger partial charge in [0.1, 0.15) is 5.82 Å². The van der Waals surface area contributed by atoms with E-state index in [2.05, 4.69) is 22.5 Å². The molecule has 0 saturated carbocycles. The number of benzene rings is 1. The zero-order chi connectivity index (χ0) is 15.4. The van der Waals surface area contributed by atoms with E-state index in [4.69, 9.17) is 15.4 Å². The summed E-state index contributed by atoms with van der Waals surface area (Å²) in [5.74, 6) is 0.867. The van der Waals surface area contributed by atoms with Crippen molar-refractivity contribution in [2.24, 2.45) is 5.92 Å². The van der Waals surface area contributed by atoms with E-state index in [0.29, 0.717) is 13.1 Å². The molecule has 2 unspecified atom stereocenters. The van der Waals surface area contributed by atoms with Crippen LogP contribution in [0.15, 0.2) is 24.3 Å². The second kappa shape index (κ2) is 6.70. The summed E-state index contributed by atoms with van der Waals surface area (Å²) in [6, 6.07) is 10.4. The fourth-order valence-electron chi connectivity index (χ4n) is 2.47. The summed E-state index contributed by atoms with van der Waals surface area (Å²) < 4.78 is 2.13. The average molecular weight is 286 g/mol. The zero-order valence-corrected chi connectivity index (χ0v) is 12.8. The molecule has 1 aromatic carbocycles. The van der Waals surface area contributed by atoms with Crippen molar-refractivity contribution in [3.63, 3.8) is 0 Å². The van der Waals surface area contributed by atoms with Crippen LogP contribution in [0.2, 0.25) is 0 Å². The van der Waals surface area contributed by atoms with Crippen molar-refractivity contribution in [2.75, 3.05) is 20.2 Å². The fourth-order valence-corrected chi connectivity index (χ4v) is 2.47. The van der Waals surface area contributed by atoms with Crippen LogP contribution in [0, 0.1) is 17.2 Å². The molecular weight excluding hydrogens is 264 g/mol. The number of imidazole rings is 1. The number of para-hydroxylation sites is 2. The Morgan fingerprint density at radius 2 is 2.10 bits per heavy atom. The van der Waals surface area contributed by atoms with Gasteiger partial charge in [-0.15, -0.1) is 0 Å². The summed E-state index contributed by atoms with van der Waals surface area (Å²) in [5.41, 5.74) is 2.00. The van der Waals surface area contributed by atoms with Crippen LogP contribution in [0.3, 0.4) is 0 Å². The van der Waals surface area contributed by atoms with Crippen LogP contribution < -0.4 is 0 Å². The Balaban J connectivity index is 2.46. The maximum atomic E-state index is 9.11. The highest BCUT2D eigenvalue weighted by Gasteiger charge is 2.20. The quantitative estimate of drug-likeness (QED) is 0.884. The lowest BCUT2D eigenvalue weighted by Crippen LogP contribution is -2.28. The van der Waals surface area contributed by atoms with E-state index < -0.39 is 0 Å². The van der Waals surface area contributed by atoms with Gasteiger partial charge >= 0.3 is 0 Å². The molecule has 0 spiro atoms. The Hall–Kier alpha value is -1.90. The first-order valence-corrected chi connectivity index (χ1v) is 7.24. The zero-order valence-electron chi connectivity index (χ0n) is 12.8. The van der Waals surface area contributed by atoms with E-state index in [1.54, 1.807) is 0 Å². The summed E-state index contributed by atoms with van der Waals surface area (Å²) in [6.45, 7) is 5.34. The molecule has 1 aromatic heterocycles. The van der Waals surface area contributed by atoms with Crippen LogP contribution in [0.4, 0.5) is 0 Å². The van der Waals surface area contributed by atoms with Crippen molar-refractivity contribution in [3.8, 4) is 6.07 Å². The summed E-state index contributed by atoms with van der Waals surface area (Å²) in [4.78, 5) is 6.80. The molecule has 2 rings (SSSR count). The number of hydrogen-bond donors (Lipinski definition) is 1. The summed E-state index contributed by atoms with van der Waals surface area (Å²) in [5, 5.41) is 18.2. The van der Waals surface area contributed by atoms with Gasteiger partial charge in [0.15, 0.2) is 0 Å². The van der Waals surface area contributed by atoms with Crippen molar-refractivity contribution in [1.82, 2.24) is 14.5 Å². The smallest absolute Gasteiger partial charge is 0.127 e. The van der Waals surface area contributed by atoms with Gasteiger partial charge in [-0.05, 0) is 33.0 Å². The number of fused-ring (bicyclic) bond motifs is 1. The SMILES string of the molecule is CC(C#N)Cn1c(C(C)N(C)CCO)nc2ccccc21. The first-order valence-electron chi connectivity index (χ1n) is 7.24. The molecule has 0 aliphatic rings. The lowest BCUT2D eigenvalue weighted by molar-refractivity contribution is 0.182. The van der Waals surface area contributed by atoms with E-state index in [1.807, 2.05) is 38.2 Å². The van der Waals surface area contributed by atoms with Gasteiger partial charge in [0.05, 0.1) is 35.7 Å². The van der Waals surface area contributed by atoms with Crippen LogP contribution in [0.5, 0.6) is 0 Å². The summed E-state index contributed by atoms with van der Waals surface area (Å²) in [6.07, 6.45) is 0. The highest BCUT2D eigenvalue weighted by molar-refractivity contribution is 5.76. The van der Waals surface area contributed by atoms with E-state index in [0.717, 1.165) is 16.9 Å². The van der Waals surface area contributed by atoms with Gasteiger partial charge in [-0.3, -0.25) is 4.90 Å². The highest BCUT2D eigenvalue weighted by atomic mass is 16.3. The molecule has 112 valence electrons. The van der Waals surface area contributed by atoms with Crippen LogP contribution in [0.1, 0.15) is 25.7 Å².